The Labute approximate surface area is 123 Å². The van der Waals surface area contributed by atoms with E-state index >= 15 is 0 Å². The quantitative estimate of drug-likeness (QED) is 0.608. The summed E-state index contributed by atoms with van der Waals surface area (Å²) in [6.07, 6.45) is 0. The Morgan fingerprint density at radius 1 is 1.00 bits per heavy atom. The van der Waals surface area contributed by atoms with Gasteiger partial charge in [0.2, 0.25) is 0 Å². The van der Waals surface area contributed by atoms with Crippen LogP contribution < -0.4 is 0 Å². The molecule has 0 radical (unpaired) electrons. The number of aromatic nitrogens is 2. The Balaban J connectivity index is 2.19. The molecule has 0 spiro atoms. The van der Waals surface area contributed by atoms with Crippen molar-refractivity contribution in [2.75, 3.05) is 0 Å². The molecule has 0 saturated heterocycles. The maximum absolute atomic E-state index is 6.09. The van der Waals surface area contributed by atoms with Crippen LogP contribution in [0.25, 0.3) is 0 Å². The highest BCUT2D eigenvalue weighted by molar-refractivity contribution is 7.98. The van der Waals surface area contributed by atoms with E-state index in [1.54, 1.807) is 11.8 Å². The maximum atomic E-state index is 6.09. The lowest BCUT2D eigenvalue weighted by atomic mass is 10.1. The predicted molar refractivity (Wildman–Crippen MR) is 82.0 cm³/mol. The maximum Gasteiger partial charge on any atom is 0.136 e. The highest BCUT2D eigenvalue weighted by Crippen LogP contribution is 2.28. The summed E-state index contributed by atoms with van der Waals surface area (Å²) in [5.41, 5.74) is 4.87. The van der Waals surface area contributed by atoms with Crippen LogP contribution in [0.4, 0.5) is 0 Å². The normalized spacial score (nSPS) is 10.8. The van der Waals surface area contributed by atoms with Gasteiger partial charge in [0.25, 0.3) is 0 Å². The van der Waals surface area contributed by atoms with Gasteiger partial charge in [0, 0.05) is 11.3 Å². The average molecular weight is 293 g/mol. The lowest BCUT2D eigenvalue weighted by Gasteiger charge is -2.08. The van der Waals surface area contributed by atoms with E-state index in [0.717, 1.165) is 22.2 Å². The van der Waals surface area contributed by atoms with E-state index in [4.69, 9.17) is 11.6 Å². The summed E-state index contributed by atoms with van der Waals surface area (Å²) in [4.78, 5) is 8.62. The van der Waals surface area contributed by atoms with Gasteiger partial charge in [-0.2, -0.15) is 0 Å². The number of rotatable bonds is 3. The Morgan fingerprint density at radius 3 is 2.26 bits per heavy atom. The highest BCUT2D eigenvalue weighted by atomic mass is 35.5. The zero-order valence-electron chi connectivity index (χ0n) is 11.6. The lowest BCUT2D eigenvalue weighted by Crippen LogP contribution is -1.96. The van der Waals surface area contributed by atoms with Crippen molar-refractivity contribution in [1.82, 2.24) is 9.97 Å². The van der Waals surface area contributed by atoms with Crippen LogP contribution in [0.5, 0.6) is 0 Å². The Morgan fingerprint density at radius 2 is 1.63 bits per heavy atom. The van der Waals surface area contributed by atoms with E-state index < -0.39 is 0 Å². The predicted octanol–water partition coefficient (Wildman–Crippen LogP) is 4.66. The number of nitrogens with zero attached hydrogens (tertiary/aromatic N) is 2. The number of halogens is 1. The molecule has 2 rings (SSSR count). The third kappa shape index (κ3) is 3.71. The van der Waals surface area contributed by atoms with Crippen LogP contribution in [0.15, 0.2) is 23.2 Å². The molecule has 0 N–H and O–H groups in total. The van der Waals surface area contributed by atoms with Gasteiger partial charge in [-0.1, -0.05) is 40.9 Å². The Kier molecular flexibility index (Phi) is 4.48. The second-order valence-electron chi connectivity index (χ2n) is 4.78. The van der Waals surface area contributed by atoms with Gasteiger partial charge in [-0.25, -0.2) is 9.97 Å². The van der Waals surface area contributed by atoms with Crippen molar-refractivity contribution < 1.29 is 0 Å². The molecule has 1 aromatic heterocycles. The van der Waals surface area contributed by atoms with Crippen LogP contribution in [0.3, 0.4) is 0 Å². The van der Waals surface area contributed by atoms with E-state index in [9.17, 15) is 0 Å². The van der Waals surface area contributed by atoms with E-state index in [1.807, 2.05) is 13.8 Å². The fourth-order valence-corrected chi connectivity index (χ4v) is 3.26. The number of benzene rings is 1. The van der Waals surface area contributed by atoms with Crippen molar-refractivity contribution in [2.24, 2.45) is 0 Å². The second-order valence-corrected chi connectivity index (χ2v) is 6.10. The summed E-state index contributed by atoms with van der Waals surface area (Å²) in [5.74, 6) is 1.62. The molecule has 0 bridgehead atoms. The van der Waals surface area contributed by atoms with Gasteiger partial charge in [0.1, 0.15) is 16.0 Å². The number of aryl methyl sites for hydroxylation is 3. The molecular weight excluding hydrogens is 276 g/mol. The molecule has 0 amide bonds. The van der Waals surface area contributed by atoms with Crippen LogP contribution in [0.1, 0.15) is 28.1 Å². The van der Waals surface area contributed by atoms with Gasteiger partial charge < -0.3 is 0 Å². The Hall–Kier alpha value is -1.06. The van der Waals surface area contributed by atoms with Crippen molar-refractivity contribution in [3.05, 3.63) is 51.4 Å². The molecule has 1 aromatic carbocycles. The number of thioether (sulfide) groups is 1. The first-order valence-electron chi connectivity index (χ1n) is 6.16. The molecule has 1 heterocycles. The van der Waals surface area contributed by atoms with Crippen molar-refractivity contribution >= 4 is 23.4 Å². The summed E-state index contributed by atoms with van der Waals surface area (Å²) in [6.45, 7) is 8.08. The molecule has 0 atom stereocenters. The fraction of sp³-hybridized carbons (Fsp3) is 0.333. The van der Waals surface area contributed by atoms with Gasteiger partial charge in [-0.15, -0.1) is 11.8 Å². The van der Waals surface area contributed by atoms with Gasteiger partial charge in [-0.05, 0) is 33.3 Å². The Bertz CT molecular complexity index is 591. The van der Waals surface area contributed by atoms with Gasteiger partial charge in [0.05, 0.1) is 0 Å². The summed E-state index contributed by atoms with van der Waals surface area (Å²) >= 11 is 7.80. The van der Waals surface area contributed by atoms with Crippen molar-refractivity contribution in [3.63, 3.8) is 0 Å². The molecule has 100 valence electrons. The van der Waals surface area contributed by atoms with E-state index in [1.165, 1.54) is 16.7 Å². The van der Waals surface area contributed by atoms with Crippen molar-refractivity contribution in [1.29, 1.82) is 0 Å². The van der Waals surface area contributed by atoms with Gasteiger partial charge >= 0.3 is 0 Å². The average Bonchev–Trinajstić information content (AvgIpc) is 2.30. The molecule has 0 unspecified atom stereocenters. The summed E-state index contributed by atoms with van der Waals surface area (Å²) < 4.78 is 0. The van der Waals surface area contributed by atoms with Crippen LogP contribution >= 0.6 is 23.4 Å². The van der Waals surface area contributed by atoms with Crippen molar-refractivity contribution in [2.45, 2.75) is 38.5 Å². The molecular formula is C15H17ClN2S. The second kappa shape index (κ2) is 5.93. The topological polar surface area (TPSA) is 25.8 Å². The third-order valence-electron chi connectivity index (χ3n) is 2.81. The van der Waals surface area contributed by atoms with E-state index in [-0.39, 0.29) is 0 Å². The highest BCUT2D eigenvalue weighted by Gasteiger charge is 2.08. The lowest BCUT2D eigenvalue weighted by molar-refractivity contribution is 0.938. The molecule has 0 fully saturated rings. The molecule has 0 aliphatic carbocycles. The van der Waals surface area contributed by atoms with E-state index in [0.29, 0.717) is 5.15 Å². The van der Waals surface area contributed by atoms with Crippen LogP contribution in [0, 0.1) is 27.7 Å². The zero-order chi connectivity index (χ0) is 14.0. The first-order chi connectivity index (χ1) is 8.95. The first kappa shape index (κ1) is 14.4. The molecule has 0 aliphatic rings. The zero-order valence-corrected chi connectivity index (χ0v) is 13.2. The minimum atomic E-state index is 0.551. The molecule has 4 heteroatoms. The van der Waals surface area contributed by atoms with E-state index in [2.05, 4.69) is 42.0 Å². The number of hydrogen-bond donors (Lipinski definition) is 0. The van der Waals surface area contributed by atoms with Crippen LogP contribution in [-0.2, 0) is 5.75 Å². The largest absolute Gasteiger partial charge is 0.227 e. The number of hydrogen-bond acceptors (Lipinski definition) is 3. The molecule has 2 nitrogen and oxygen atoms in total. The van der Waals surface area contributed by atoms with Crippen LogP contribution in [0.2, 0.25) is 5.15 Å². The summed E-state index contributed by atoms with van der Waals surface area (Å²) in [7, 11) is 0. The monoisotopic (exact) mass is 292 g/mol. The SMILES string of the molecule is Cc1cc(C)cc(CSc2nc(C)nc(Cl)c2C)c1. The summed E-state index contributed by atoms with van der Waals surface area (Å²) in [5, 5.41) is 1.52. The van der Waals surface area contributed by atoms with Crippen molar-refractivity contribution in [3.8, 4) is 0 Å². The van der Waals surface area contributed by atoms with Crippen LogP contribution in [-0.4, -0.2) is 9.97 Å². The summed E-state index contributed by atoms with van der Waals surface area (Å²) in [6, 6.07) is 6.61. The third-order valence-corrected chi connectivity index (χ3v) is 4.33. The standard InChI is InChI=1S/C15H17ClN2S/c1-9-5-10(2)7-13(6-9)8-19-15-11(3)14(16)17-12(4)18-15/h5-7H,8H2,1-4H3. The van der Waals surface area contributed by atoms with Gasteiger partial charge in [-0.3, -0.25) is 0 Å². The minimum Gasteiger partial charge on any atom is -0.227 e. The molecule has 0 saturated carbocycles. The van der Waals surface area contributed by atoms with Gasteiger partial charge in [0.15, 0.2) is 0 Å². The molecule has 0 aliphatic heterocycles. The first-order valence-corrected chi connectivity index (χ1v) is 7.53. The molecule has 19 heavy (non-hydrogen) atoms. The fourth-order valence-electron chi connectivity index (χ4n) is 2.01. The smallest absolute Gasteiger partial charge is 0.136 e. The minimum absolute atomic E-state index is 0.551. The molecule has 2 aromatic rings.